The summed E-state index contributed by atoms with van der Waals surface area (Å²) in [4.78, 5) is 24.0. The molecular formula is C33H39ClO10. The molecule has 6 aliphatic rings. The maximum Gasteiger partial charge on any atom is 0.262 e. The summed E-state index contributed by atoms with van der Waals surface area (Å²) in [6.07, 6.45) is -1.49. The Morgan fingerprint density at radius 3 is 2.14 bits per heavy atom. The lowest BCUT2D eigenvalue weighted by Crippen LogP contribution is -2.76. The first kappa shape index (κ1) is 30.5. The summed E-state index contributed by atoms with van der Waals surface area (Å²) >= 11 is 7.14. The highest BCUT2D eigenvalue weighted by Crippen LogP contribution is 2.70. The maximum absolute atomic E-state index is 11.8. The van der Waals surface area contributed by atoms with Gasteiger partial charge in [0.15, 0.2) is 11.4 Å². The molecule has 44 heavy (non-hydrogen) atoms. The normalized spacial score (nSPS) is 40.7. The van der Waals surface area contributed by atoms with Crippen molar-refractivity contribution in [2.75, 3.05) is 13.7 Å². The van der Waals surface area contributed by atoms with E-state index in [2.05, 4.69) is 0 Å². The number of benzene rings is 2. The van der Waals surface area contributed by atoms with Gasteiger partial charge in [-0.1, -0.05) is 35.9 Å². The third kappa shape index (κ3) is 4.57. The van der Waals surface area contributed by atoms with Gasteiger partial charge in [-0.05, 0) is 92.4 Å². The number of methoxy groups -OCH3 is 1. The molecule has 4 N–H and O–H groups in total. The Hall–Kier alpha value is -2.12. The van der Waals surface area contributed by atoms with E-state index in [0.717, 1.165) is 36.8 Å². The number of Topliss-reactive ketones (excluding diaryl/α,β-unsaturated/α-hetero) is 1. The van der Waals surface area contributed by atoms with Crippen molar-refractivity contribution in [2.45, 2.75) is 87.5 Å². The van der Waals surface area contributed by atoms with Crippen molar-refractivity contribution in [3.63, 3.8) is 0 Å². The first-order chi connectivity index (χ1) is 21.1. The summed E-state index contributed by atoms with van der Waals surface area (Å²) in [5.74, 6) is 0.635. The van der Waals surface area contributed by atoms with E-state index in [1.54, 1.807) is 25.3 Å². The molecule has 6 fully saturated rings. The van der Waals surface area contributed by atoms with Gasteiger partial charge in [0.05, 0.1) is 11.6 Å². The van der Waals surface area contributed by atoms with E-state index in [1.165, 1.54) is 13.3 Å². The van der Waals surface area contributed by atoms with Gasteiger partial charge in [-0.25, -0.2) is 4.89 Å². The fraction of sp³-hybridized carbons (Fsp3) is 0.606. The van der Waals surface area contributed by atoms with Crippen LogP contribution in [0.2, 0.25) is 5.02 Å². The SMILES string of the molecule is COC1(c2cc(Cc3ccc(C(C)=O)cc3)cc(O[C@@H]3OC(CO)[C@H](O)[C@H](O)C3O)c2Cl)OOC12C1CC3CC(C1)CC2C3. The largest absolute Gasteiger partial charge is 0.460 e. The second-order valence-corrected chi connectivity index (χ2v) is 13.7. The zero-order valence-electron chi connectivity index (χ0n) is 24.7. The number of ketones is 1. The Bertz CT molecular complexity index is 1380. The third-order valence-electron chi connectivity index (χ3n) is 10.8. The second kappa shape index (κ2) is 11.3. The van der Waals surface area contributed by atoms with Crippen molar-refractivity contribution in [2.24, 2.45) is 23.7 Å². The highest BCUT2D eigenvalue weighted by molar-refractivity contribution is 6.33. The van der Waals surface area contributed by atoms with Crippen LogP contribution in [0, 0.1) is 23.7 Å². The molecule has 1 spiro atoms. The number of hydrogen-bond donors (Lipinski definition) is 4. The minimum absolute atomic E-state index is 0.0225. The minimum atomic E-state index is -1.62. The van der Waals surface area contributed by atoms with E-state index >= 15 is 0 Å². The maximum atomic E-state index is 11.8. The zero-order valence-corrected chi connectivity index (χ0v) is 25.5. The summed E-state index contributed by atoms with van der Waals surface area (Å²) < 4.78 is 18.1. The topological polar surface area (TPSA) is 144 Å². The van der Waals surface area contributed by atoms with Gasteiger partial charge in [-0.2, -0.15) is 4.89 Å². The van der Waals surface area contributed by atoms with Crippen molar-refractivity contribution in [3.8, 4) is 5.75 Å². The molecule has 4 bridgehead atoms. The Labute approximate surface area is 260 Å². The molecule has 11 heteroatoms. The number of carbonyl (C=O) groups excluding carboxylic acids is 1. The molecule has 2 aliphatic heterocycles. The number of rotatable bonds is 8. The molecule has 2 aromatic carbocycles. The predicted octanol–water partition coefficient (Wildman–Crippen LogP) is 3.27. The van der Waals surface area contributed by atoms with Crippen LogP contribution in [-0.2, 0) is 31.5 Å². The number of ether oxygens (including phenoxy) is 3. The number of hydrogen-bond acceptors (Lipinski definition) is 10. The molecule has 0 radical (unpaired) electrons. The van der Waals surface area contributed by atoms with Crippen molar-refractivity contribution >= 4 is 17.4 Å². The molecule has 2 saturated heterocycles. The quantitative estimate of drug-likeness (QED) is 0.253. The highest BCUT2D eigenvalue weighted by Gasteiger charge is 2.77. The second-order valence-electron chi connectivity index (χ2n) is 13.3. The molecule has 2 aromatic rings. The first-order valence-corrected chi connectivity index (χ1v) is 15.8. The molecule has 0 aromatic heterocycles. The molecule has 4 aliphatic carbocycles. The highest BCUT2D eigenvalue weighted by atomic mass is 35.5. The molecule has 6 atom stereocenters. The average Bonchev–Trinajstić information content (AvgIpc) is 2.99. The fourth-order valence-corrected chi connectivity index (χ4v) is 9.07. The molecule has 3 unspecified atom stereocenters. The number of carbonyl (C=O) groups is 1. The van der Waals surface area contributed by atoms with Crippen LogP contribution in [0.15, 0.2) is 36.4 Å². The van der Waals surface area contributed by atoms with Gasteiger partial charge in [-0.3, -0.25) is 4.79 Å². The predicted molar refractivity (Wildman–Crippen MR) is 156 cm³/mol. The van der Waals surface area contributed by atoms with Crippen LogP contribution in [0.4, 0.5) is 0 Å². The molecular weight excluding hydrogens is 592 g/mol. The van der Waals surface area contributed by atoms with Crippen LogP contribution in [0.5, 0.6) is 5.75 Å². The van der Waals surface area contributed by atoms with Crippen LogP contribution in [0.3, 0.4) is 0 Å². The summed E-state index contributed by atoms with van der Waals surface area (Å²) in [7, 11) is 1.59. The average molecular weight is 631 g/mol. The lowest BCUT2D eigenvalue weighted by Gasteiger charge is -2.68. The van der Waals surface area contributed by atoms with Crippen LogP contribution in [-0.4, -0.2) is 76.2 Å². The first-order valence-electron chi connectivity index (χ1n) is 15.4. The Kier molecular flexibility index (Phi) is 7.83. The molecule has 8 rings (SSSR count). The standard InChI is InChI=1S/C33H39ClO10/c1-16(36)21-5-3-17(4-6-21)7-20-13-24(27(34)25(14-20)41-31-30(39)29(38)28(37)26(15-35)42-31)33(40-2)32(43-44-33)22-9-18-8-19(11-22)12-23(32)10-18/h3-6,13-14,18-19,22-23,26,28-31,35,37-39H,7-12,15H2,1-2H3/t18?,19?,22?,23?,26?,28-,29-,30?,31+,32?,33?/m0/s1. The smallest absolute Gasteiger partial charge is 0.262 e. The Morgan fingerprint density at radius 1 is 0.932 bits per heavy atom. The van der Waals surface area contributed by atoms with Gasteiger partial charge in [0.1, 0.15) is 30.2 Å². The molecule has 10 nitrogen and oxygen atoms in total. The molecule has 0 amide bonds. The molecule has 2 heterocycles. The van der Waals surface area contributed by atoms with Gasteiger partial charge in [0.25, 0.3) is 5.79 Å². The summed E-state index contributed by atoms with van der Waals surface area (Å²) in [5.41, 5.74) is 2.13. The van der Waals surface area contributed by atoms with Crippen LogP contribution in [0.1, 0.15) is 66.1 Å². The fourth-order valence-electron chi connectivity index (χ4n) is 8.80. The van der Waals surface area contributed by atoms with Crippen molar-refractivity contribution in [3.05, 3.63) is 63.7 Å². The van der Waals surface area contributed by atoms with E-state index in [4.69, 9.17) is 35.6 Å². The van der Waals surface area contributed by atoms with Gasteiger partial charge in [0, 0.05) is 18.2 Å². The van der Waals surface area contributed by atoms with Crippen LogP contribution < -0.4 is 4.74 Å². The Morgan fingerprint density at radius 2 is 1.59 bits per heavy atom. The van der Waals surface area contributed by atoms with Crippen molar-refractivity contribution in [1.82, 2.24) is 0 Å². The number of aliphatic hydroxyl groups excluding tert-OH is 4. The van der Waals surface area contributed by atoms with Crippen LogP contribution >= 0.6 is 11.6 Å². The van der Waals surface area contributed by atoms with E-state index in [0.29, 0.717) is 29.4 Å². The van der Waals surface area contributed by atoms with E-state index < -0.39 is 48.7 Å². The van der Waals surface area contributed by atoms with Gasteiger partial charge >= 0.3 is 0 Å². The molecule has 4 saturated carbocycles. The monoisotopic (exact) mass is 630 g/mol. The number of aliphatic hydroxyl groups is 4. The van der Waals surface area contributed by atoms with E-state index in [1.807, 2.05) is 18.2 Å². The van der Waals surface area contributed by atoms with Gasteiger partial charge in [0.2, 0.25) is 6.29 Å². The summed E-state index contributed by atoms with van der Waals surface area (Å²) in [6, 6.07) is 11.0. The van der Waals surface area contributed by atoms with Gasteiger partial charge < -0.3 is 34.6 Å². The zero-order chi connectivity index (χ0) is 31.0. The van der Waals surface area contributed by atoms with E-state index in [9.17, 15) is 25.2 Å². The lowest BCUT2D eigenvalue weighted by molar-refractivity contribution is -0.645. The molecule has 238 valence electrons. The minimum Gasteiger partial charge on any atom is -0.460 e. The van der Waals surface area contributed by atoms with Crippen molar-refractivity contribution < 1.29 is 49.2 Å². The van der Waals surface area contributed by atoms with Crippen molar-refractivity contribution in [1.29, 1.82) is 0 Å². The summed E-state index contributed by atoms with van der Waals surface area (Å²) in [6.45, 7) is 0.930. The third-order valence-corrected chi connectivity index (χ3v) is 11.2. The van der Waals surface area contributed by atoms with Gasteiger partial charge in [-0.15, -0.1) is 0 Å². The summed E-state index contributed by atoms with van der Waals surface area (Å²) in [5, 5.41) is 41.3. The number of halogens is 1. The lowest BCUT2D eigenvalue weighted by atomic mass is 9.47. The Balaban J connectivity index is 1.30. The van der Waals surface area contributed by atoms with Crippen LogP contribution in [0.25, 0.3) is 0 Å². The van der Waals surface area contributed by atoms with E-state index in [-0.39, 0.29) is 28.4 Å².